The van der Waals surface area contributed by atoms with Gasteiger partial charge in [0.2, 0.25) is 0 Å². The molecule has 34 heavy (non-hydrogen) atoms. The fraction of sp³-hybridized carbons (Fsp3) is 0.360. The van der Waals surface area contributed by atoms with Crippen LogP contribution in [0.5, 0.6) is 0 Å². The van der Waals surface area contributed by atoms with E-state index in [1.807, 2.05) is 13.0 Å². The van der Waals surface area contributed by atoms with Crippen LogP contribution in [0.15, 0.2) is 48.0 Å². The molecule has 180 valence electrons. The number of nitrogens with one attached hydrogen (secondary N) is 1. The van der Waals surface area contributed by atoms with Crippen molar-refractivity contribution in [3.63, 3.8) is 0 Å². The van der Waals surface area contributed by atoms with E-state index < -0.39 is 11.7 Å². The number of aryl methyl sites for hydroxylation is 1. The van der Waals surface area contributed by atoms with Crippen LogP contribution < -0.4 is 5.32 Å². The second-order valence-electron chi connectivity index (χ2n) is 8.30. The molecule has 1 aromatic heterocycles. The number of benzene rings is 2. The summed E-state index contributed by atoms with van der Waals surface area (Å²) in [5, 5.41) is 2.95. The Bertz CT molecular complexity index is 1110. The highest BCUT2D eigenvalue weighted by Gasteiger charge is 2.29. The third-order valence-corrected chi connectivity index (χ3v) is 7.37. The topological polar surface area (TPSA) is 54.5 Å². The van der Waals surface area contributed by atoms with Gasteiger partial charge in [-0.05, 0) is 49.6 Å². The van der Waals surface area contributed by atoms with Crippen molar-refractivity contribution in [2.24, 2.45) is 0 Å². The third kappa shape index (κ3) is 5.99. The predicted octanol–water partition coefficient (Wildman–Crippen LogP) is 5.54. The maximum atomic E-state index is 14.2. The molecule has 9 heteroatoms. The highest BCUT2D eigenvalue weighted by Crippen LogP contribution is 2.30. The van der Waals surface area contributed by atoms with Gasteiger partial charge in [0, 0.05) is 24.5 Å². The van der Waals surface area contributed by atoms with Gasteiger partial charge < -0.3 is 10.1 Å². The van der Waals surface area contributed by atoms with E-state index >= 15 is 0 Å². The van der Waals surface area contributed by atoms with Crippen molar-refractivity contribution in [1.82, 2.24) is 15.2 Å². The van der Waals surface area contributed by atoms with E-state index in [4.69, 9.17) is 16.3 Å². The standard InChI is InChI=1S/C25H26ClF2N3O2S/c1-16-24(34-15-30-16)22(13-29-25(32)23-20(26)6-3-7-21(23)28)31-10-8-19(9-11-31)33-14-17-4-2-5-18(27)12-17/h2-7,12,15,19,22H,8-11,13-14H2,1H3,(H,29,32). The Balaban J connectivity index is 1.38. The second kappa shape index (κ2) is 11.4. The van der Waals surface area contributed by atoms with Crippen LogP contribution in [0.3, 0.4) is 0 Å². The molecule has 1 saturated heterocycles. The molecule has 1 amide bonds. The van der Waals surface area contributed by atoms with E-state index in [1.165, 1.54) is 30.3 Å². The number of hydrogen-bond acceptors (Lipinski definition) is 5. The minimum absolute atomic E-state index is 0.0783. The van der Waals surface area contributed by atoms with Crippen LogP contribution in [0.2, 0.25) is 5.02 Å². The highest BCUT2D eigenvalue weighted by atomic mass is 35.5. The summed E-state index contributed by atoms with van der Waals surface area (Å²) in [5.41, 5.74) is 3.38. The maximum Gasteiger partial charge on any atom is 0.255 e. The lowest BCUT2D eigenvalue weighted by molar-refractivity contribution is -0.0111. The van der Waals surface area contributed by atoms with E-state index in [9.17, 15) is 13.6 Å². The van der Waals surface area contributed by atoms with Crippen LogP contribution in [0.25, 0.3) is 0 Å². The van der Waals surface area contributed by atoms with E-state index in [-0.39, 0.29) is 28.5 Å². The first-order valence-corrected chi connectivity index (χ1v) is 12.4. The lowest BCUT2D eigenvalue weighted by Gasteiger charge is -2.37. The molecule has 1 aliphatic heterocycles. The summed E-state index contributed by atoms with van der Waals surface area (Å²) in [6.45, 7) is 4.17. The molecule has 3 aromatic rings. The zero-order chi connectivity index (χ0) is 24.1. The van der Waals surface area contributed by atoms with E-state index in [0.29, 0.717) is 13.2 Å². The number of likely N-dealkylation sites (tertiary alicyclic amines) is 1. The summed E-state index contributed by atoms with van der Waals surface area (Å²) >= 11 is 7.60. The SMILES string of the molecule is Cc1ncsc1C(CNC(=O)c1c(F)cccc1Cl)N1CCC(OCc2cccc(F)c2)CC1. The summed E-state index contributed by atoms with van der Waals surface area (Å²) in [5.74, 6) is -1.45. The molecule has 1 atom stereocenters. The van der Waals surface area contributed by atoms with Crippen molar-refractivity contribution in [3.05, 3.63) is 86.3 Å². The van der Waals surface area contributed by atoms with Crippen LogP contribution in [-0.2, 0) is 11.3 Å². The van der Waals surface area contributed by atoms with Crippen LogP contribution >= 0.6 is 22.9 Å². The van der Waals surface area contributed by atoms with Crippen molar-refractivity contribution < 1.29 is 18.3 Å². The predicted molar refractivity (Wildman–Crippen MR) is 129 cm³/mol. The zero-order valence-electron chi connectivity index (χ0n) is 18.8. The molecule has 0 saturated carbocycles. The molecule has 5 nitrogen and oxygen atoms in total. The Morgan fingerprint density at radius 2 is 2.03 bits per heavy atom. The largest absolute Gasteiger partial charge is 0.373 e. The Hall–Kier alpha value is -2.39. The van der Waals surface area contributed by atoms with Gasteiger partial charge in [-0.25, -0.2) is 13.8 Å². The molecule has 2 heterocycles. The second-order valence-corrected chi connectivity index (χ2v) is 9.59. The molecule has 0 radical (unpaired) electrons. The number of amides is 1. The number of piperidine rings is 1. The molecular weight excluding hydrogens is 480 g/mol. The van der Waals surface area contributed by atoms with Crippen molar-refractivity contribution in [2.75, 3.05) is 19.6 Å². The van der Waals surface area contributed by atoms with Crippen LogP contribution in [0.1, 0.15) is 45.4 Å². The Kier molecular flexibility index (Phi) is 8.26. The van der Waals surface area contributed by atoms with Crippen molar-refractivity contribution in [1.29, 1.82) is 0 Å². The van der Waals surface area contributed by atoms with Gasteiger partial charge in [-0.1, -0.05) is 29.8 Å². The monoisotopic (exact) mass is 505 g/mol. The van der Waals surface area contributed by atoms with Gasteiger partial charge in [0.25, 0.3) is 5.91 Å². The molecular formula is C25H26ClF2N3O2S. The Morgan fingerprint density at radius 1 is 1.26 bits per heavy atom. The average molecular weight is 506 g/mol. The molecule has 0 spiro atoms. The van der Waals surface area contributed by atoms with Gasteiger partial charge in [-0.15, -0.1) is 11.3 Å². The molecule has 4 rings (SSSR count). The number of rotatable bonds is 8. The number of aromatic nitrogens is 1. The number of thiazole rings is 1. The number of carbonyl (C=O) groups excluding carboxylic acids is 1. The number of carbonyl (C=O) groups is 1. The molecule has 1 unspecified atom stereocenters. The lowest BCUT2D eigenvalue weighted by Crippen LogP contribution is -2.43. The molecule has 0 aliphatic carbocycles. The fourth-order valence-electron chi connectivity index (χ4n) is 4.21. The van der Waals surface area contributed by atoms with Gasteiger partial charge >= 0.3 is 0 Å². The number of halogens is 3. The zero-order valence-corrected chi connectivity index (χ0v) is 20.3. The van der Waals surface area contributed by atoms with Crippen LogP contribution in [-0.4, -0.2) is 41.5 Å². The summed E-state index contributed by atoms with van der Waals surface area (Å²) in [6.07, 6.45) is 1.71. The lowest BCUT2D eigenvalue weighted by atomic mass is 10.0. The van der Waals surface area contributed by atoms with Crippen molar-refractivity contribution >= 4 is 28.8 Å². The number of ether oxygens (including phenoxy) is 1. The molecule has 1 aliphatic rings. The first kappa shape index (κ1) is 24.7. The summed E-state index contributed by atoms with van der Waals surface area (Å²) in [6, 6.07) is 10.5. The molecule has 1 N–H and O–H groups in total. The number of hydrogen-bond donors (Lipinski definition) is 1. The molecule has 2 aromatic carbocycles. The molecule has 1 fully saturated rings. The average Bonchev–Trinajstić information content (AvgIpc) is 3.24. The van der Waals surface area contributed by atoms with E-state index in [0.717, 1.165) is 42.1 Å². The Morgan fingerprint density at radius 3 is 2.71 bits per heavy atom. The normalized spacial score (nSPS) is 15.9. The van der Waals surface area contributed by atoms with E-state index in [2.05, 4.69) is 15.2 Å². The number of nitrogens with zero attached hydrogens (tertiary/aromatic N) is 2. The van der Waals surface area contributed by atoms with E-state index in [1.54, 1.807) is 22.9 Å². The van der Waals surface area contributed by atoms with Crippen molar-refractivity contribution in [2.45, 2.75) is 38.5 Å². The summed E-state index contributed by atoms with van der Waals surface area (Å²) in [4.78, 5) is 20.5. The Labute approximate surface area is 206 Å². The minimum Gasteiger partial charge on any atom is -0.373 e. The maximum absolute atomic E-state index is 14.2. The summed E-state index contributed by atoms with van der Waals surface area (Å²) in [7, 11) is 0. The third-order valence-electron chi connectivity index (χ3n) is 6.02. The van der Waals surface area contributed by atoms with Gasteiger partial charge in [-0.2, -0.15) is 0 Å². The first-order valence-electron chi connectivity index (χ1n) is 11.1. The van der Waals surface area contributed by atoms with Gasteiger partial charge in [0.1, 0.15) is 11.6 Å². The van der Waals surface area contributed by atoms with Crippen molar-refractivity contribution in [3.8, 4) is 0 Å². The van der Waals surface area contributed by atoms with Gasteiger partial charge in [0.05, 0.1) is 40.5 Å². The molecule has 0 bridgehead atoms. The van der Waals surface area contributed by atoms with Gasteiger partial charge in [0.15, 0.2) is 0 Å². The quantitative estimate of drug-likeness (QED) is 0.437. The fourth-order valence-corrected chi connectivity index (χ4v) is 5.39. The van der Waals surface area contributed by atoms with Crippen LogP contribution in [0, 0.1) is 18.6 Å². The highest BCUT2D eigenvalue weighted by molar-refractivity contribution is 7.09. The van der Waals surface area contributed by atoms with Gasteiger partial charge in [-0.3, -0.25) is 9.69 Å². The minimum atomic E-state index is -0.646. The smallest absolute Gasteiger partial charge is 0.255 e. The summed E-state index contributed by atoms with van der Waals surface area (Å²) < 4.78 is 33.6. The first-order chi connectivity index (χ1) is 16.4. The van der Waals surface area contributed by atoms with Crippen LogP contribution in [0.4, 0.5) is 8.78 Å².